The summed E-state index contributed by atoms with van der Waals surface area (Å²) in [7, 11) is 0. The van der Waals surface area contributed by atoms with Gasteiger partial charge in [0.15, 0.2) is 5.82 Å². The van der Waals surface area contributed by atoms with Crippen LogP contribution in [0.15, 0.2) is 30.3 Å². The standard InChI is InChI=1S/C11H12N4O2/c1-8(9-5-3-2-4-6-9)11-12-13-14-15(11)7-10(16)17/h2-6,8H,7H2,1H3,(H,16,17). The highest BCUT2D eigenvalue weighted by atomic mass is 16.4. The van der Waals surface area contributed by atoms with E-state index < -0.39 is 5.97 Å². The SMILES string of the molecule is CC(c1ccccc1)c1nnnn1CC(=O)O. The van der Waals surface area contributed by atoms with Crippen molar-refractivity contribution in [3.05, 3.63) is 41.7 Å². The first kappa shape index (κ1) is 11.3. The Labute approximate surface area is 97.9 Å². The van der Waals surface area contributed by atoms with Gasteiger partial charge >= 0.3 is 5.97 Å². The smallest absolute Gasteiger partial charge is 0.325 e. The van der Waals surface area contributed by atoms with Crippen LogP contribution >= 0.6 is 0 Å². The van der Waals surface area contributed by atoms with Crippen molar-refractivity contribution >= 4 is 5.97 Å². The Morgan fingerprint density at radius 3 is 2.76 bits per heavy atom. The molecule has 2 rings (SSSR count). The lowest BCUT2D eigenvalue weighted by atomic mass is 10.0. The molecule has 6 nitrogen and oxygen atoms in total. The number of aromatic nitrogens is 4. The van der Waals surface area contributed by atoms with E-state index in [1.165, 1.54) is 4.68 Å². The third-order valence-corrected chi connectivity index (χ3v) is 2.53. The molecule has 0 aliphatic heterocycles. The zero-order valence-corrected chi connectivity index (χ0v) is 9.32. The van der Waals surface area contributed by atoms with Gasteiger partial charge in [-0.3, -0.25) is 4.79 Å². The van der Waals surface area contributed by atoms with Gasteiger partial charge < -0.3 is 5.11 Å². The minimum absolute atomic E-state index is 0.0365. The molecule has 0 bridgehead atoms. The van der Waals surface area contributed by atoms with Crippen LogP contribution < -0.4 is 0 Å². The molecular weight excluding hydrogens is 220 g/mol. The van der Waals surface area contributed by atoms with Crippen LogP contribution in [-0.2, 0) is 11.3 Å². The highest BCUT2D eigenvalue weighted by Crippen LogP contribution is 2.20. The number of carboxylic acid groups (broad SMARTS) is 1. The van der Waals surface area contributed by atoms with Crippen molar-refractivity contribution in [1.29, 1.82) is 0 Å². The summed E-state index contributed by atoms with van der Waals surface area (Å²) in [6, 6.07) is 9.71. The molecule has 2 aromatic rings. The molecule has 0 radical (unpaired) electrons. The Kier molecular flexibility index (Phi) is 3.13. The summed E-state index contributed by atoms with van der Waals surface area (Å²) in [6.45, 7) is 1.72. The van der Waals surface area contributed by atoms with Crippen molar-refractivity contribution in [1.82, 2.24) is 20.2 Å². The van der Waals surface area contributed by atoms with Crippen molar-refractivity contribution in [3.63, 3.8) is 0 Å². The number of hydrogen-bond donors (Lipinski definition) is 1. The van der Waals surface area contributed by atoms with Crippen molar-refractivity contribution in [3.8, 4) is 0 Å². The molecule has 6 heteroatoms. The maximum atomic E-state index is 10.7. The fourth-order valence-corrected chi connectivity index (χ4v) is 1.65. The van der Waals surface area contributed by atoms with E-state index in [0.717, 1.165) is 5.56 Å². The van der Waals surface area contributed by atoms with E-state index in [0.29, 0.717) is 5.82 Å². The molecule has 1 unspecified atom stereocenters. The van der Waals surface area contributed by atoms with Crippen LogP contribution in [0.5, 0.6) is 0 Å². The number of carboxylic acids is 1. The van der Waals surface area contributed by atoms with Crippen LogP contribution in [0.3, 0.4) is 0 Å². The molecule has 0 aliphatic rings. The minimum Gasteiger partial charge on any atom is -0.480 e. The van der Waals surface area contributed by atoms with E-state index in [9.17, 15) is 4.79 Å². The van der Waals surface area contributed by atoms with E-state index in [2.05, 4.69) is 15.5 Å². The van der Waals surface area contributed by atoms with Gasteiger partial charge in [-0.05, 0) is 16.0 Å². The number of carbonyl (C=O) groups is 1. The molecule has 0 amide bonds. The normalized spacial score (nSPS) is 12.3. The van der Waals surface area contributed by atoms with Crippen LogP contribution in [0.1, 0.15) is 24.2 Å². The molecule has 1 N–H and O–H groups in total. The summed E-state index contributed by atoms with van der Waals surface area (Å²) in [5.74, 6) is -0.442. The lowest BCUT2D eigenvalue weighted by molar-refractivity contribution is -0.138. The number of benzene rings is 1. The Morgan fingerprint density at radius 1 is 1.41 bits per heavy atom. The third-order valence-electron chi connectivity index (χ3n) is 2.53. The summed E-state index contributed by atoms with van der Waals surface area (Å²) in [5, 5.41) is 19.8. The number of hydrogen-bond acceptors (Lipinski definition) is 4. The third kappa shape index (κ3) is 2.47. The Bertz CT molecular complexity index is 509. The number of nitrogens with zero attached hydrogens (tertiary/aromatic N) is 4. The Hall–Kier alpha value is -2.24. The number of aliphatic carboxylic acids is 1. The summed E-state index contributed by atoms with van der Waals surface area (Å²) in [6.07, 6.45) is 0. The fraction of sp³-hybridized carbons (Fsp3) is 0.273. The summed E-state index contributed by atoms with van der Waals surface area (Å²) in [4.78, 5) is 10.7. The molecule has 1 aromatic heterocycles. The van der Waals surface area contributed by atoms with E-state index in [4.69, 9.17) is 5.11 Å². The van der Waals surface area contributed by atoms with Gasteiger partial charge in [0, 0.05) is 5.92 Å². The molecule has 0 fully saturated rings. The van der Waals surface area contributed by atoms with Gasteiger partial charge in [0.25, 0.3) is 0 Å². The van der Waals surface area contributed by atoms with Crippen LogP contribution in [0, 0.1) is 0 Å². The first-order valence-electron chi connectivity index (χ1n) is 5.21. The average molecular weight is 232 g/mol. The molecule has 17 heavy (non-hydrogen) atoms. The van der Waals surface area contributed by atoms with Gasteiger partial charge in [0.1, 0.15) is 6.54 Å². The van der Waals surface area contributed by atoms with Crippen LogP contribution in [0.4, 0.5) is 0 Å². The van der Waals surface area contributed by atoms with E-state index >= 15 is 0 Å². The Balaban J connectivity index is 2.28. The molecule has 0 saturated heterocycles. The predicted octanol–water partition coefficient (Wildman–Crippen LogP) is 0.909. The van der Waals surface area contributed by atoms with E-state index in [-0.39, 0.29) is 12.5 Å². The largest absolute Gasteiger partial charge is 0.480 e. The van der Waals surface area contributed by atoms with Crippen molar-refractivity contribution in [2.75, 3.05) is 0 Å². The van der Waals surface area contributed by atoms with Crippen molar-refractivity contribution in [2.24, 2.45) is 0 Å². The zero-order valence-electron chi connectivity index (χ0n) is 9.32. The monoisotopic (exact) mass is 232 g/mol. The highest BCUT2D eigenvalue weighted by molar-refractivity contribution is 5.66. The van der Waals surface area contributed by atoms with Crippen LogP contribution in [0.25, 0.3) is 0 Å². The molecule has 0 spiro atoms. The van der Waals surface area contributed by atoms with Gasteiger partial charge in [-0.25, -0.2) is 4.68 Å². The lowest BCUT2D eigenvalue weighted by Gasteiger charge is -2.10. The van der Waals surface area contributed by atoms with Crippen LogP contribution in [0.2, 0.25) is 0 Å². The van der Waals surface area contributed by atoms with Gasteiger partial charge in [0.05, 0.1) is 0 Å². The second-order valence-corrected chi connectivity index (χ2v) is 3.72. The molecule has 1 atom stereocenters. The summed E-state index contributed by atoms with van der Waals surface area (Å²) >= 11 is 0. The first-order chi connectivity index (χ1) is 8.18. The maximum Gasteiger partial charge on any atom is 0.325 e. The molecule has 1 heterocycles. The van der Waals surface area contributed by atoms with Gasteiger partial charge in [-0.2, -0.15) is 0 Å². The van der Waals surface area contributed by atoms with Crippen molar-refractivity contribution in [2.45, 2.75) is 19.4 Å². The van der Waals surface area contributed by atoms with E-state index in [1.807, 2.05) is 37.3 Å². The molecular formula is C11H12N4O2. The number of rotatable bonds is 4. The average Bonchev–Trinajstić information content (AvgIpc) is 2.76. The molecule has 88 valence electrons. The molecule has 0 saturated carbocycles. The predicted molar refractivity (Wildman–Crippen MR) is 59.4 cm³/mol. The molecule has 0 aliphatic carbocycles. The van der Waals surface area contributed by atoms with Gasteiger partial charge in [-0.15, -0.1) is 5.10 Å². The molecule has 1 aromatic carbocycles. The zero-order chi connectivity index (χ0) is 12.3. The highest BCUT2D eigenvalue weighted by Gasteiger charge is 2.17. The second kappa shape index (κ2) is 4.73. The quantitative estimate of drug-likeness (QED) is 0.847. The van der Waals surface area contributed by atoms with Crippen LogP contribution in [-0.4, -0.2) is 31.3 Å². The topological polar surface area (TPSA) is 80.9 Å². The second-order valence-electron chi connectivity index (χ2n) is 3.72. The van der Waals surface area contributed by atoms with Crippen molar-refractivity contribution < 1.29 is 9.90 Å². The van der Waals surface area contributed by atoms with Gasteiger partial charge in [-0.1, -0.05) is 37.3 Å². The Morgan fingerprint density at radius 2 is 2.12 bits per heavy atom. The minimum atomic E-state index is -0.959. The summed E-state index contributed by atoms with van der Waals surface area (Å²) < 4.78 is 1.31. The van der Waals surface area contributed by atoms with Gasteiger partial charge in [0.2, 0.25) is 0 Å². The van der Waals surface area contributed by atoms with E-state index in [1.54, 1.807) is 0 Å². The fourth-order valence-electron chi connectivity index (χ4n) is 1.65. The number of tetrazole rings is 1. The first-order valence-corrected chi connectivity index (χ1v) is 5.21. The lowest BCUT2D eigenvalue weighted by Crippen LogP contribution is -2.15. The summed E-state index contributed by atoms with van der Waals surface area (Å²) in [5.41, 5.74) is 1.05. The maximum absolute atomic E-state index is 10.7.